The van der Waals surface area contributed by atoms with Gasteiger partial charge in [-0.3, -0.25) is 4.90 Å². The molecule has 0 aromatic heterocycles. The van der Waals surface area contributed by atoms with Gasteiger partial charge in [-0.05, 0) is 56.3 Å². The van der Waals surface area contributed by atoms with Crippen LogP contribution in [0.3, 0.4) is 0 Å². The number of rotatable bonds is 8. The maximum atomic E-state index is 11.0. The van der Waals surface area contributed by atoms with Gasteiger partial charge in [0, 0.05) is 12.6 Å². The van der Waals surface area contributed by atoms with Crippen molar-refractivity contribution in [2.45, 2.75) is 57.0 Å². The molecule has 4 rings (SSSR count). The number of hydrogen-bond acceptors (Lipinski definition) is 3. The highest BCUT2D eigenvalue weighted by Crippen LogP contribution is 2.31. The van der Waals surface area contributed by atoms with Gasteiger partial charge in [0.05, 0.1) is 11.7 Å². The summed E-state index contributed by atoms with van der Waals surface area (Å²) >= 11 is 0. The molecule has 1 fully saturated rings. The number of piperidine rings is 1. The Labute approximate surface area is 192 Å². The van der Waals surface area contributed by atoms with Crippen LogP contribution in [0.1, 0.15) is 49.5 Å². The molecule has 3 aromatic carbocycles. The van der Waals surface area contributed by atoms with Gasteiger partial charge >= 0.3 is 0 Å². The molecule has 0 bridgehead atoms. The molecule has 1 unspecified atom stereocenters. The van der Waals surface area contributed by atoms with Crippen LogP contribution in [0.4, 0.5) is 0 Å². The third-order valence-electron chi connectivity index (χ3n) is 6.47. The summed E-state index contributed by atoms with van der Waals surface area (Å²) in [6.07, 6.45) is 2.98. The average Bonchev–Trinajstić information content (AvgIpc) is 2.82. The molecule has 0 amide bonds. The molecule has 32 heavy (non-hydrogen) atoms. The lowest BCUT2D eigenvalue weighted by molar-refractivity contribution is -0.0774. The Morgan fingerprint density at radius 2 is 1.41 bits per heavy atom. The van der Waals surface area contributed by atoms with Crippen LogP contribution < -0.4 is 0 Å². The minimum atomic E-state index is -0.796. The fourth-order valence-electron chi connectivity index (χ4n) is 4.82. The van der Waals surface area contributed by atoms with E-state index in [2.05, 4.69) is 77.7 Å². The molecule has 3 nitrogen and oxygen atoms in total. The van der Waals surface area contributed by atoms with Crippen LogP contribution in [-0.2, 0) is 11.2 Å². The quantitative estimate of drug-likeness (QED) is 0.503. The second-order valence-electron chi connectivity index (χ2n) is 9.46. The van der Waals surface area contributed by atoms with Crippen molar-refractivity contribution in [2.24, 2.45) is 0 Å². The summed E-state index contributed by atoms with van der Waals surface area (Å²) in [7, 11) is 0. The van der Waals surface area contributed by atoms with E-state index in [4.69, 9.17) is 4.74 Å². The van der Waals surface area contributed by atoms with Gasteiger partial charge in [-0.25, -0.2) is 0 Å². The molecule has 1 N–H and O–H groups in total. The third-order valence-corrected chi connectivity index (χ3v) is 6.47. The third kappa shape index (κ3) is 5.86. The monoisotopic (exact) mass is 429 g/mol. The lowest BCUT2D eigenvalue weighted by atomic mass is 9.89. The average molecular weight is 430 g/mol. The van der Waals surface area contributed by atoms with Crippen molar-refractivity contribution in [1.29, 1.82) is 0 Å². The van der Waals surface area contributed by atoms with E-state index in [-0.39, 0.29) is 18.2 Å². The summed E-state index contributed by atoms with van der Waals surface area (Å²) in [5.74, 6) is 0. The van der Waals surface area contributed by atoms with Crippen molar-refractivity contribution < 1.29 is 9.84 Å². The van der Waals surface area contributed by atoms with Gasteiger partial charge in [0.15, 0.2) is 0 Å². The van der Waals surface area contributed by atoms with Gasteiger partial charge in [-0.2, -0.15) is 0 Å². The number of hydrogen-bond donors (Lipinski definition) is 1. The molecule has 0 saturated carbocycles. The topological polar surface area (TPSA) is 32.7 Å². The van der Waals surface area contributed by atoms with Crippen LogP contribution in [0.15, 0.2) is 91.0 Å². The lowest BCUT2D eigenvalue weighted by Crippen LogP contribution is -2.55. The molecule has 0 aliphatic carbocycles. The van der Waals surface area contributed by atoms with Gasteiger partial charge in [-0.1, -0.05) is 91.0 Å². The minimum absolute atomic E-state index is 0.0446. The van der Waals surface area contributed by atoms with E-state index in [0.29, 0.717) is 0 Å². The summed E-state index contributed by atoms with van der Waals surface area (Å²) in [6, 6.07) is 31.5. The molecule has 0 spiro atoms. The zero-order valence-electron chi connectivity index (χ0n) is 19.2. The van der Waals surface area contributed by atoms with Crippen LogP contribution in [0.5, 0.6) is 0 Å². The van der Waals surface area contributed by atoms with Crippen LogP contribution in [0, 0.1) is 0 Å². The lowest BCUT2D eigenvalue weighted by Gasteiger charge is -2.44. The number of ether oxygens (including phenoxy) is 1. The SMILES string of the molecule is CC(C)(O)C(Cc1ccccc1)N1CCC[C@@H](OC(c2ccccc2)c2ccccc2)C1. The summed E-state index contributed by atoms with van der Waals surface area (Å²) < 4.78 is 6.78. The summed E-state index contributed by atoms with van der Waals surface area (Å²) in [4.78, 5) is 2.44. The Morgan fingerprint density at radius 1 is 0.875 bits per heavy atom. The van der Waals surface area contributed by atoms with Gasteiger partial charge in [0.25, 0.3) is 0 Å². The van der Waals surface area contributed by atoms with Crippen molar-refractivity contribution in [1.82, 2.24) is 4.90 Å². The number of benzene rings is 3. The number of likely N-dealkylation sites (tertiary alicyclic amines) is 1. The highest BCUT2D eigenvalue weighted by Gasteiger charge is 2.36. The smallest absolute Gasteiger partial charge is 0.108 e. The van der Waals surface area contributed by atoms with Crippen molar-refractivity contribution in [3.63, 3.8) is 0 Å². The van der Waals surface area contributed by atoms with Crippen molar-refractivity contribution in [2.75, 3.05) is 13.1 Å². The predicted octanol–water partition coefficient (Wildman–Crippen LogP) is 5.64. The highest BCUT2D eigenvalue weighted by molar-refractivity contribution is 5.30. The van der Waals surface area contributed by atoms with Gasteiger partial charge < -0.3 is 9.84 Å². The number of nitrogens with zero attached hydrogens (tertiary/aromatic N) is 1. The Balaban J connectivity index is 1.52. The Morgan fingerprint density at radius 3 is 1.94 bits per heavy atom. The molecule has 1 saturated heterocycles. The maximum Gasteiger partial charge on any atom is 0.108 e. The summed E-state index contributed by atoms with van der Waals surface area (Å²) in [6.45, 7) is 5.68. The molecule has 1 heterocycles. The standard InChI is InChI=1S/C29H35NO2/c1-29(2,31)27(21-23-13-6-3-7-14-23)30-20-12-19-26(22-30)32-28(24-15-8-4-9-16-24)25-17-10-5-11-18-25/h3-11,13-18,26-28,31H,12,19-22H2,1-2H3/t26-,27?/m1/s1. The summed E-state index contributed by atoms with van der Waals surface area (Å²) in [5, 5.41) is 11.0. The first kappa shape index (κ1) is 22.7. The predicted molar refractivity (Wildman–Crippen MR) is 131 cm³/mol. The van der Waals surface area contributed by atoms with Crippen LogP contribution in [0.25, 0.3) is 0 Å². The van der Waals surface area contributed by atoms with E-state index in [9.17, 15) is 5.11 Å². The molecule has 0 radical (unpaired) electrons. The van der Waals surface area contributed by atoms with Crippen LogP contribution in [-0.4, -0.2) is 40.8 Å². The van der Waals surface area contributed by atoms with E-state index >= 15 is 0 Å². The molecular formula is C29H35NO2. The Bertz CT molecular complexity index is 898. The number of aliphatic hydroxyl groups is 1. The Kier molecular flexibility index (Phi) is 7.41. The van der Waals surface area contributed by atoms with Gasteiger partial charge in [0.2, 0.25) is 0 Å². The van der Waals surface area contributed by atoms with E-state index in [1.165, 1.54) is 16.7 Å². The minimum Gasteiger partial charge on any atom is -0.389 e. The zero-order valence-corrected chi connectivity index (χ0v) is 19.2. The molecule has 1 aliphatic heterocycles. The molecule has 2 atom stereocenters. The highest BCUT2D eigenvalue weighted by atomic mass is 16.5. The second kappa shape index (κ2) is 10.4. The molecule has 168 valence electrons. The first-order valence-electron chi connectivity index (χ1n) is 11.8. The van der Waals surface area contributed by atoms with Gasteiger partial charge in [-0.15, -0.1) is 0 Å². The van der Waals surface area contributed by atoms with E-state index in [1.807, 2.05) is 32.0 Å². The molecule has 3 aromatic rings. The maximum absolute atomic E-state index is 11.0. The largest absolute Gasteiger partial charge is 0.389 e. The first-order valence-corrected chi connectivity index (χ1v) is 11.8. The van der Waals surface area contributed by atoms with Crippen LogP contribution >= 0.6 is 0 Å². The van der Waals surface area contributed by atoms with Gasteiger partial charge in [0.1, 0.15) is 6.10 Å². The van der Waals surface area contributed by atoms with Crippen molar-refractivity contribution in [3.8, 4) is 0 Å². The summed E-state index contributed by atoms with van der Waals surface area (Å²) in [5.41, 5.74) is 2.82. The van der Waals surface area contributed by atoms with E-state index < -0.39 is 5.60 Å². The fraction of sp³-hybridized carbons (Fsp3) is 0.379. The normalized spacial score (nSPS) is 18.6. The Hall–Kier alpha value is -2.46. The van der Waals surface area contributed by atoms with E-state index in [1.54, 1.807) is 0 Å². The molecule has 3 heteroatoms. The first-order chi connectivity index (χ1) is 15.5. The van der Waals surface area contributed by atoms with Crippen molar-refractivity contribution in [3.05, 3.63) is 108 Å². The van der Waals surface area contributed by atoms with Crippen molar-refractivity contribution >= 4 is 0 Å². The molecule has 1 aliphatic rings. The van der Waals surface area contributed by atoms with E-state index in [0.717, 1.165) is 32.4 Å². The second-order valence-corrected chi connectivity index (χ2v) is 9.46. The zero-order chi connectivity index (χ0) is 22.4. The fourth-order valence-corrected chi connectivity index (χ4v) is 4.82. The molecular weight excluding hydrogens is 394 g/mol. The van der Waals surface area contributed by atoms with Crippen LogP contribution in [0.2, 0.25) is 0 Å².